The summed E-state index contributed by atoms with van der Waals surface area (Å²) < 4.78 is 18.9. The molecule has 236 valence electrons. The molecule has 44 heavy (non-hydrogen) atoms. The van der Waals surface area contributed by atoms with Crippen LogP contribution in [0.3, 0.4) is 0 Å². The van der Waals surface area contributed by atoms with Crippen LogP contribution in [0.25, 0.3) is 10.9 Å². The highest BCUT2D eigenvalue weighted by Crippen LogP contribution is 2.57. The number of hydrogen-bond donors (Lipinski definition) is 0. The highest BCUT2D eigenvalue weighted by molar-refractivity contribution is 6.31. The van der Waals surface area contributed by atoms with Crippen LogP contribution in [0.4, 0.5) is 0 Å². The number of halogens is 1. The number of fused-ring (bicyclic) bond motifs is 7. The van der Waals surface area contributed by atoms with Crippen molar-refractivity contribution in [2.75, 3.05) is 13.7 Å². The Hall–Kier alpha value is -3.40. The van der Waals surface area contributed by atoms with Gasteiger partial charge in [0.05, 0.1) is 36.9 Å². The molecule has 7 atom stereocenters. The zero-order chi connectivity index (χ0) is 31.3. The van der Waals surface area contributed by atoms with Gasteiger partial charge >= 0.3 is 11.9 Å². The first kappa shape index (κ1) is 30.6. The van der Waals surface area contributed by atoms with E-state index in [0.717, 1.165) is 19.3 Å². The number of nitrogens with zero attached hydrogens (tertiary/aromatic N) is 3. The second-order valence-electron chi connectivity index (χ2n) is 13.7. The van der Waals surface area contributed by atoms with E-state index in [0.29, 0.717) is 27.8 Å². The van der Waals surface area contributed by atoms with Crippen molar-refractivity contribution in [3.63, 3.8) is 0 Å². The average molecular weight is 626 g/mol. The van der Waals surface area contributed by atoms with Crippen LogP contribution in [0.2, 0.25) is 5.02 Å². The Balaban J connectivity index is 1.39. The van der Waals surface area contributed by atoms with Crippen LogP contribution in [0.15, 0.2) is 35.1 Å². The number of rotatable bonds is 1. The number of carbonyl (C=O) groups is 3. The van der Waals surface area contributed by atoms with Crippen LogP contribution in [0.1, 0.15) is 59.3 Å². The Labute approximate surface area is 261 Å². The van der Waals surface area contributed by atoms with Gasteiger partial charge < -0.3 is 19.1 Å². The second kappa shape index (κ2) is 11.8. The van der Waals surface area contributed by atoms with Crippen LogP contribution in [0, 0.1) is 29.1 Å². The molecule has 1 saturated heterocycles. The molecule has 0 radical (unpaired) electrons. The number of methoxy groups -OCH3 is 1. The molecule has 2 aliphatic carbocycles. The summed E-state index contributed by atoms with van der Waals surface area (Å²) >= 11 is 6.22. The van der Waals surface area contributed by atoms with Gasteiger partial charge in [0.2, 0.25) is 5.91 Å². The highest BCUT2D eigenvalue weighted by Gasteiger charge is 2.54. The summed E-state index contributed by atoms with van der Waals surface area (Å²) in [6.07, 6.45) is 6.92. The lowest BCUT2D eigenvalue weighted by Crippen LogP contribution is -2.48. The highest BCUT2D eigenvalue weighted by atomic mass is 35.5. The van der Waals surface area contributed by atoms with Crippen molar-refractivity contribution < 1.29 is 28.6 Å². The molecular weight excluding hydrogens is 586 g/mol. The first-order chi connectivity index (χ1) is 20.9. The fourth-order valence-electron chi connectivity index (χ4n) is 7.34. The van der Waals surface area contributed by atoms with E-state index in [4.69, 9.17) is 25.8 Å². The first-order valence-corrected chi connectivity index (χ1v) is 15.9. The van der Waals surface area contributed by atoms with E-state index in [9.17, 15) is 19.2 Å². The van der Waals surface area contributed by atoms with Crippen LogP contribution in [-0.2, 0) is 30.4 Å². The number of esters is 2. The minimum Gasteiger partial charge on any atom is -0.467 e. The molecule has 2 aromatic rings. The SMILES string of the molecule is COC(=O)[C@@H]1C[C@@H]2CN1C(=O)[C@H](C(C)(C)C)CC(=O)O[C@@H]1C[C@@H]3C[C@@H]3[C@H]1CC/C=C/Cn1c(nc3cc(Cl)ccc3c1=O)O2. The van der Waals surface area contributed by atoms with Gasteiger partial charge in [-0.3, -0.25) is 19.0 Å². The van der Waals surface area contributed by atoms with Crippen molar-refractivity contribution in [2.24, 2.45) is 29.1 Å². The predicted octanol–water partition coefficient (Wildman–Crippen LogP) is 4.54. The molecule has 2 saturated carbocycles. The third-order valence-corrected chi connectivity index (χ3v) is 10.1. The zero-order valence-electron chi connectivity index (χ0n) is 25.7. The molecule has 6 rings (SSSR count). The van der Waals surface area contributed by atoms with Crippen LogP contribution >= 0.6 is 11.6 Å². The van der Waals surface area contributed by atoms with E-state index < -0.39 is 29.4 Å². The summed E-state index contributed by atoms with van der Waals surface area (Å²) in [6, 6.07) is 4.09. The normalized spacial score (nSPS) is 31.6. The van der Waals surface area contributed by atoms with E-state index in [1.807, 2.05) is 26.8 Å². The standard InChI is InChI=1S/C33H40ClN3O7/c1-33(2,3)24-16-28(38)44-27-13-18-12-23(18)21(27)8-6-5-7-11-36-29(39)22-10-9-19(34)14-25(22)35-32(36)43-20-15-26(31(41)42-4)37(17-20)30(24)40/h5,7,9-10,14,18,20-21,23-24,26-27H,6,8,11-13,15-17H2,1-4H3/b7-5+/t18-,20+,21+,23-,24+,26-,27+/m0/s1. The number of benzene rings is 1. The Morgan fingerprint density at radius 2 is 1.86 bits per heavy atom. The lowest BCUT2D eigenvalue weighted by atomic mass is 9.77. The van der Waals surface area contributed by atoms with Gasteiger partial charge in [-0.1, -0.05) is 44.5 Å². The van der Waals surface area contributed by atoms with Gasteiger partial charge in [-0.25, -0.2) is 4.79 Å². The van der Waals surface area contributed by atoms with Crippen LogP contribution < -0.4 is 10.3 Å². The number of ether oxygens (including phenoxy) is 3. The number of amides is 1. The molecule has 3 fully saturated rings. The predicted molar refractivity (Wildman–Crippen MR) is 163 cm³/mol. The van der Waals surface area contributed by atoms with E-state index in [1.165, 1.54) is 23.0 Å². The summed E-state index contributed by atoms with van der Waals surface area (Å²) in [4.78, 5) is 60.2. The lowest BCUT2D eigenvalue weighted by Gasteiger charge is -2.34. The van der Waals surface area contributed by atoms with Crippen molar-refractivity contribution in [3.05, 3.63) is 45.7 Å². The van der Waals surface area contributed by atoms with Gasteiger partial charge in [0.15, 0.2) is 0 Å². The fourth-order valence-corrected chi connectivity index (χ4v) is 7.51. The Morgan fingerprint density at radius 3 is 2.61 bits per heavy atom. The molecule has 3 heterocycles. The van der Waals surface area contributed by atoms with Gasteiger partial charge in [0.25, 0.3) is 11.6 Å². The number of allylic oxidation sites excluding steroid dienone is 2. The third kappa shape index (κ3) is 5.97. The number of carbonyl (C=O) groups excluding carboxylic acids is 3. The molecule has 1 amide bonds. The molecule has 4 aliphatic rings. The average Bonchev–Trinajstić information content (AvgIpc) is 3.46. The molecule has 10 nitrogen and oxygen atoms in total. The van der Waals surface area contributed by atoms with Crippen molar-refractivity contribution in [2.45, 2.75) is 84.1 Å². The smallest absolute Gasteiger partial charge is 0.328 e. The summed E-state index contributed by atoms with van der Waals surface area (Å²) in [7, 11) is 1.28. The molecule has 0 N–H and O–H groups in total. The number of aromatic nitrogens is 2. The zero-order valence-corrected chi connectivity index (χ0v) is 26.4. The second-order valence-corrected chi connectivity index (χ2v) is 14.2. The van der Waals surface area contributed by atoms with Gasteiger partial charge in [-0.05, 0) is 67.1 Å². The van der Waals surface area contributed by atoms with E-state index >= 15 is 0 Å². The summed E-state index contributed by atoms with van der Waals surface area (Å²) in [5.41, 5.74) is -0.460. The monoisotopic (exact) mass is 625 g/mol. The minimum absolute atomic E-state index is 0.0631. The van der Waals surface area contributed by atoms with E-state index in [2.05, 4.69) is 11.1 Å². The minimum atomic E-state index is -0.915. The molecule has 0 unspecified atom stereocenters. The topological polar surface area (TPSA) is 117 Å². The Kier molecular flexibility index (Phi) is 8.24. The van der Waals surface area contributed by atoms with Crippen LogP contribution in [-0.4, -0.2) is 64.2 Å². The van der Waals surface area contributed by atoms with Gasteiger partial charge in [-0.15, -0.1) is 0 Å². The lowest BCUT2D eigenvalue weighted by molar-refractivity contribution is -0.160. The maximum absolute atomic E-state index is 14.2. The molecule has 0 spiro atoms. The van der Waals surface area contributed by atoms with Crippen molar-refractivity contribution in [1.29, 1.82) is 0 Å². The molecule has 1 aromatic heterocycles. The van der Waals surface area contributed by atoms with Crippen molar-refractivity contribution in [1.82, 2.24) is 14.5 Å². The largest absolute Gasteiger partial charge is 0.467 e. The summed E-state index contributed by atoms with van der Waals surface area (Å²) in [5, 5.41) is 0.851. The summed E-state index contributed by atoms with van der Waals surface area (Å²) in [6.45, 7) is 6.03. The van der Waals surface area contributed by atoms with Crippen molar-refractivity contribution >= 4 is 40.3 Å². The number of hydrogen-bond acceptors (Lipinski definition) is 8. The maximum atomic E-state index is 14.2. The fraction of sp³-hybridized carbons (Fsp3) is 0.606. The molecule has 2 aliphatic heterocycles. The Bertz CT molecular complexity index is 1560. The van der Waals surface area contributed by atoms with Crippen molar-refractivity contribution in [3.8, 4) is 6.01 Å². The van der Waals surface area contributed by atoms with Gasteiger partial charge in [0, 0.05) is 18.0 Å². The maximum Gasteiger partial charge on any atom is 0.328 e. The third-order valence-electron chi connectivity index (χ3n) is 9.83. The van der Waals surface area contributed by atoms with Crippen LogP contribution in [0.5, 0.6) is 6.01 Å². The first-order valence-electron chi connectivity index (χ1n) is 15.5. The van der Waals surface area contributed by atoms with E-state index in [-0.39, 0.29) is 61.4 Å². The molecular formula is C33H40ClN3O7. The quantitative estimate of drug-likeness (QED) is 0.335. The van der Waals surface area contributed by atoms with Gasteiger partial charge in [-0.2, -0.15) is 4.98 Å². The molecule has 1 aromatic carbocycles. The van der Waals surface area contributed by atoms with Gasteiger partial charge in [0.1, 0.15) is 18.2 Å². The molecule has 11 heteroatoms. The molecule has 2 bridgehead atoms. The summed E-state index contributed by atoms with van der Waals surface area (Å²) in [5.74, 6) is -0.583. The van der Waals surface area contributed by atoms with E-state index in [1.54, 1.807) is 18.2 Å². The Morgan fingerprint density at radius 1 is 1.07 bits per heavy atom.